The number of anilines is 2. The van der Waals surface area contributed by atoms with Crippen LogP contribution in [0.1, 0.15) is 19.8 Å². The highest BCUT2D eigenvalue weighted by Gasteiger charge is 2.33. The normalized spacial score (nSPS) is 17.4. The highest BCUT2D eigenvalue weighted by Crippen LogP contribution is 2.32. The van der Waals surface area contributed by atoms with E-state index in [1.807, 2.05) is 0 Å². The zero-order chi connectivity index (χ0) is 25.9. The quantitative estimate of drug-likeness (QED) is 0.419. The van der Waals surface area contributed by atoms with Crippen molar-refractivity contribution in [1.82, 2.24) is 10.3 Å². The fraction of sp³-hybridized carbons (Fsp3) is 0.240. The van der Waals surface area contributed by atoms with Crippen molar-refractivity contribution < 1.29 is 31.9 Å². The van der Waals surface area contributed by atoms with Crippen LogP contribution in [-0.4, -0.2) is 23.1 Å². The summed E-state index contributed by atoms with van der Waals surface area (Å²) in [7, 11) is 0. The molecule has 1 aromatic heterocycles. The van der Waals surface area contributed by atoms with Crippen molar-refractivity contribution in [3.8, 4) is 11.5 Å². The standard InChI is InChI=1S/C25H22F4N4O3/c1-14-2-5-16(25(27,28)29)11-17(10-14)31-24(35)32-21-7-6-18(12-20(21)26)36-19-8-9-30-22(13-19)33-23(34)15-3-4-15/h2,5-15H,3-4H2,1H3,(H,30,33,34)(H2,31,32,35). The van der Waals surface area contributed by atoms with Crippen molar-refractivity contribution in [2.45, 2.75) is 25.9 Å². The van der Waals surface area contributed by atoms with Crippen LogP contribution in [0.25, 0.3) is 0 Å². The molecule has 3 N–H and O–H groups in total. The highest BCUT2D eigenvalue weighted by molar-refractivity contribution is 5.93. The number of urea groups is 1. The van der Waals surface area contributed by atoms with E-state index in [2.05, 4.69) is 20.9 Å². The molecule has 1 fully saturated rings. The number of hydrogen-bond donors (Lipinski definition) is 3. The van der Waals surface area contributed by atoms with Gasteiger partial charge in [0.1, 0.15) is 23.1 Å². The molecule has 2 aliphatic carbocycles. The number of rotatable bonds is 6. The summed E-state index contributed by atoms with van der Waals surface area (Å²) in [5, 5.41) is 7.28. The first-order chi connectivity index (χ1) is 17.1. The average molecular weight is 502 g/mol. The van der Waals surface area contributed by atoms with Crippen LogP contribution < -0.4 is 20.7 Å². The number of carbonyl (C=O) groups is 2. The summed E-state index contributed by atoms with van der Waals surface area (Å²) in [4.78, 5) is 28.3. The first-order valence-electron chi connectivity index (χ1n) is 11.1. The number of allylic oxidation sites excluding steroid dienone is 5. The molecule has 11 heteroatoms. The predicted molar refractivity (Wildman–Crippen MR) is 125 cm³/mol. The second-order valence-corrected chi connectivity index (χ2v) is 8.40. The van der Waals surface area contributed by atoms with Crippen molar-refractivity contribution >= 4 is 23.4 Å². The summed E-state index contributed by atoms with van der Waals surface area (Å²) < 4.78 is 59.5. The Hall–Kier alpha value is -4.15. The van der Waals surface area contributed by atoms with Crippen LogP contribution in [0.2, 0.25) is 0 Å². The van der Waals surface area contributed by atoms with Gasteiger partial charge in [0.25, 0.3) is 0 Å². The Morgan fingerprint density at radius 3 is 2.50 bits per heavy atom. The molecule has 1 unspecified atom stereocenters. The monoisotopic (exact) mass is 502 g/mol. The Kier molecular flexibility index (Phi) is 7.09. The molecular weight excluding hydrogens is 480 g/mol. The maximum Gasteiger partial charge on any atom is 0.416 e. The minimum atomic E-state index is -4.59. The predicted octanol–water partition coefficient (Wildman–Crippen LogP) is 6.06. The summed E-state index contributed by atoms with van der Waals surface area (Å²) in [6.07, 6.45) is 3.10. The highest BCUT2D eigenvalue weighted by atomic mass is 19.4. The van der Waals surface area contributed by atoms with Gasteiger partial charge < -0.3 is 20.7 Å². The van der Waals surface area contributed by atoms with Gasteiger partial charge in [-0.2, -0.15) is 13.2 Å². The number of amides is 3. The van der Waals surface area contributed by atoms with Crippen LogP contribution in [0.5, 0.6) is 11.5 Å². The maximum atomic E-state index is 14.6. The zero-order valence-corrected chi connectivity index (χ0v) is 19.0. The van der Waals surface area contributed by atoms with E-state index < -0.39 is 23.6 Å². The van der Waals surface area contributed by atoms with Crippen LogP contribution in [0.4, 0.5) is 33.9 Å². The minimum Gasteiger partial charge on any atom is -0.457 e. The third-order valence-electron chi connectivity index (χ3n) is 5.27. The lowest BCUT2D eigenvalue weighted by Crippen LogP contribution is -2.28. The summed E-state index contributed by atoms with van der Waals surface area (Å²) in [6, 6.07) is 5.81. The number of halogens is 4. The van der Waals surface area contributed by atoms with Gasteiger partial charge in [0.05, 0.1) is 11.3 Å². The summed E-state index contributed by atoms with van der Waals surface area (Å²) in [6.45, 7) is 1.66. The van der Waals surface area contributed by atoms with E-state index in [0.717, 1.165) is 31.1 Å². The van der Waals surface area contributed by atoms with Gasteiger partial charge in [-0.15, -0.1) is 0 Å². The third kappa shape index (κ3) is 6.71. The Morgan fingerprint density at radius 2 is 1.81 bits per heavy atom. The number of nitrogens with one attached hydrogen (secondary N) is 3. The van der Waals surface area contributed by atoms with E-state index in [-0.39, 0.29) is 34.9 Å². The Labute approximate surface area is 203 Å². The first-order valence-corrected chi connectivity index (χ1v) is 11.1. The molecular formula is C25H22F4N4O3. The molecule has 1 aromatic carbocycles. The van der Waals surface area contributed by atoms with E-state index in [1.54, 1.807) is 6.92 Å². The molecule has 0 radical (unpaired) electrons. The Balaban J connectivity index is 1.39. The molecule has 1 heterocycles. The Bertz CT molecular complexity index is 1270. The number of pyridine rings is 1. The molecule has 0 aliphatic heterocycles. The van der Waals surface area contributed by atoms with Crippen molar-refractivity contribution in [3.05, 3.63) is 77.9 Å². The van der Waals surface area contributed by atoms with Crippen LogP contribution in [0.3, 0.4) is 0 Å². The first kappa shape index (κ1) is 25.0. The number of aromatic nitrogens is 1. The van der Waals surface area contributed by atoms with Crippen molar-refractivity contribution in [2.24, 2.45) is 11.8 Å². The number of alkyl halides is 3. The van der Waals surface area contributed by atoms with Crippen molar-refractivity contribution in [2.75, 3.05) is 10.6 Å². The third-order valence-corrected chi connectivity index (χ3v) is 5.27. The Morgan fingerprint density at radius 1 is 1.06 bits per heavy atom. The van der Waals surface area contributed by atoms with Gasteiger partial charge >= 0.3 is 12.2 Å². The number of carbonyl (C=O) groups excluding carboxylic acids is 2. The van der Waals surface area contributed by atoms with Crippen LogP contribution >= 0.6 is 0 Å². The molecule has 0 saturated heterocycles. The van der Waals surface area contributed by atoms with E-state index in [9.17, 15) is 27.2 Å². The van der Waals surface area contributed by atoms with Crippen LogP contribution in [0, 0.1) is 17.7 Å². The lowest BCUT2D eigenvalue weighted by atomic mass is 10.1. The summed E-state index contributed by atoms with van der Waals surface area (Å²) in [5.74, 6) is -0.563. The second-order valence-electron chi connectivity index (χ2n) is 8.40. The van der Waals surface area contributed by atoms with Gasteiger partial charge in [0.2, 0.25) is 5.91 Å². The molecule has 2 aromatic rings. The molecule has 3 amide bonds. The van der Waals surface area contributed by atoms with E-state index in [4.69, 9.17) is 4.74 Å². The SMILES string of the molecule is CC1C=CC(C(F)(F)F)=CC(NC(=O)Nc2ccc(Oc3ccnc(NC(=O)C4CC4)c3)cc2F)=C1. The van der Waals surface area contributed by atoms with E-state index >= 15 is 0 Å². The smallest absolute Gasteiger partial charge is 0.416 e. The maximum absolute atomic E-state index is 14.6. The zero-order valence-electron chi connectivity index (χ0n) is 19.0. The summed E-state index contributed by atoms with van der Waals surface area (Å²) in [5.41, 5.74) is -1.19. The fourth-order valence-corrected chi connectivity index (χ4v) is 3.31. The van der Waals surface area contributed by atoms with Gasteiger partial charge in [-0.3, -0.25) is 4.79 Å². The molecule has 0 spiro atoms. The average Bonchev–Trinajstić information content (AvgIpc) is 3.64. The summed E-state index contributed by atoms with van der Waals surface area (Å²) >= 11 is 0. The van der Waals surface area contributed by atoms with Crippen molar-refractivity contribution in [1.29, 1.82) is 0 Å². The molecule has 1 saturated carbocycles. The van der Waals surface area contributed by atoms with Crippen LogP contribution in [-0.2, 0) is 4.79 Å². The number of hydrogen-bond acceptors (Lipinski definition) is 4. The van der Waals surface area contributed by atoms with Gasteiger partial charge in [-0.1, -0.05) is 25.2 Å². The minimum absolute atomic E-state index is 0.00402. The van der Waals surface area contributed by atoms with Gasteiger partial charge in [-0.25, -0.2) is 14.2 Å². The molecule has 36 heavy (non-hydrogen) atoms. The largest absolute Gasteiger partial charge is 0.457 e. The number of ether oxygens (including phenoxy) is 1. The lowest BCUT2D eigenvalue weighted by molar-refractivity contribution is -0.117. The second kappa shape index (κ2) is 10.2. The van der Waals surface area contributed by atoms with Crippen molar-refractivity contribution in [3.63, 3.8) is 0 Å². The molecule has 188 valence electrons. The molecule has 2 aliphatic rings. The van der Waals surface area contributed by atoms with Gasteiger partial charge in [0, 0.05) is 29.9 Å². The van der Waals surface area contributed by atoms with E-state index in [0.29, 0.717) is 11.6 Å². The lowest BCUT2D eigenvalue weighted by Gasteiger charge is -2.12. The van der Waals surface area contributed by atoms with E-state index in [1.165, 1.54) is 42.6 Å². The molecule has 1 atom stereocenters. The molecule has 4 rings (SSSR count). The topological polar surface area (TPSA) is 92.3 Å². The molecule has 0 bridgehead atoms. The fourth-order valence-electron chi connectivity index (χ4n) is 3.31. The number of nitrogens with zero attached hydrogens (tertiary/aromatic N) is 1. The van der Waals surface area contributed by atoms with Gasteiger partial charge in [-0.05, 0) is 43.0 Å². The van der Waals surface area contributed by atoms with Gasteiger partial charge in [0.15, 0.2) is 0 Å². The van der Waals surface area contributed by atoms with Crippen LogP contribution in [0.15, 0.2) is 72.1 Å². The molecule has 7 nitrogen and oxygen atoms in total. The number of benzene rings is 1.